The van der Waals surface area contributed by atoms with E-state index in [0.29, 0.717) is 19.4 Å². The smallest absolute Gasteiger partial charge is 0.417 e. The zero-order valence-corrected chi connectivity index (χ0v) is 20.6. The molecular weight excluding hydrogens is 476 g/mol. The van der Waals surface area contributed by atoms with Crippen molar-refractivity contribution in [2.45, 2.75) is 38.5 Å². The third kappa shape index (κ3) is 4.62. The minimum absolute atomic E-state index is 0.0388. The van der Waals surface area contributed by atoms with Crippen LogP contribution in [0.3, 0.4) is 0 Å². The van der Waals surface area contributed by atoms with Crippen LogP contribution in [0.25, 0.3) is 5.57 Å². The maximum absolute atomic E-state index is 13.5. The van der Waals surface area contributed by atoms with E-state index >= 15 is 0 Å². The number of benzene rings is 2. The van der Waals surface area contributed by atoms with Gasteiger partial charge in [0.2, 0.25) is 0 Å². The van der Waals surface area contributed by atoms with E-state index in [0.717, 1.165) is 19.5 Å². The lowest BCUT2D eigenvalue weighted by Crippen LogP contribution is -2.51. The molecule has 1 amide bonds. The van der Waals surface area contributed by atoms with Gasteiger partial charge >= 0.3 is 23.8 Å². The average molecular weight is 505 g/mol. The molecule has 3 heterocycles. The van der Waals surface area contributed by atoms with Crippen LogP contribution in [-0.4, -0.2) is 59.8 Å². The maximum atomic E-state index is 13.5. The first kappa shape index (κ1) is 24.7. The Bertz CT molecular complexity index is 1270. The van der Waals surface area contributed by atoms with Crippen LogP contribution in [0, 0.1) is 0 Å². The first-order valence-corrected chi connectivity index (χ1v) is 12.5. The number of carbonyl (C=O) groups excluding carboxylic acids is 4. The second-order valence-corrected chi connectivity index (χ2v) is 9.22. The van der Waals surface area contributed by atoms with Crippen molar-refractivity contribution in [2.75, 3.05) is 26.2 Å². The summed E-state index contributed by atoms with van der Waals surface area (Å²) in [6.07, 6.45) is 4.21. The highest BCUT2D eigenvalue weighted by atomic mass is 16.8. The summed E-state index contributed by atoms with van der Waals surface area (Å²) in [7, 11) is 0. The van der Waals surface area contributed by atoms with Crippen LogP contribution in [0.2, 0.25) is 0 Å². The van der Waals surface area contributed by atoms with Gasteiger partial charge in [0, 0.05) is 32.6 Å². The minimum Gasteiger partial charge on any atom is -0.417 e. The zero-order valence-electron chi connectivity index (χ0n) is 20.6. The monoisotopic (exact) mass is 504 g/mol. The van der Waals surface area contributed by atoms with Crippen LogP contribution in [0.15, 0.2) is 54.6 Å². The Morgan fingerprint density at radius 1 is 1.03 bits per heavy atom. The van der Waals surface area contributed by atoms with Crippen LogP contribution in [0.5, 0.6) is 5.75 Å². The molecule has 37 heavy (non-hydrogen) atoms. The number of hydrogen-bond acceptors (Lipinski definition) is 8. The van der Waals surface area contributed by atoms with E-state index in [1.165, 1.54) is 28.2 Å². The van der Waals surface area contributed by atoms with Crippen molar-refractivity contribution in [3.05, 3.63) is 71.3 Å². The number of esters is 3. The summed E-state index contributed by atoms with van der Waals surface area (Å²) in [5, 5.41) is 0. The average Bonchev–Trinajstić information content (AvgIpc) is 3.06. The molecule has 0 spiro atoms. The molecule has 3 aliphatic rings. The molecule has 0 saturated carbocycles. The Hall–Kier alpha value is -3.98. The van der Waals surface area contributed by atoms with Crippen molar-refractivity contribution in [2.24, 2.45) is 0 Å². The van der Waals surface area contributed by atoms with Gasteiger partial charge in [0.05, 0.1) is 5.56 Å². The van der Waals surface area contributed by atoms with Gasteiger partial charge in [-0.05, 0) is 42.5 Å². The van der Waals surface area contributed by atoms with Gasteiger partial charge < -0.3 is 14.2 Å². The van der Waals surface area contributed by atoms with E-state index in [1.807, 2.05) is 18.2 Å². The SMILES string of the molecule is CCCC(=O)OC12OC(=O)C(=O)Oc3cccc(c31)C(=O)N2CCCN1CC=C(c2ccccc2)CC1. The van der Waals surface area contributed by atoms with Gasteiger partial charge in [-0.1, -0.05) is 49.4 Å². The third-order valence-electron chi connectivity index (χ3n) is 6.77. The van der Waals surface area contributed by atoms with Gasteiger partial charge in [0.1, 0.15) is 11.3 Å². The van der Waals surface area contributed by atoms with E-state index < -0.39 is 29.7 Å². The Balaban J connectivity index is 1.36. The molecule has 1 unspecified atom stereocenters. The van der Waals surface area contributed by atoms with E-state index in [1.54, 1.807) is 13.0 Å². The van der Waals surface area contributed by atoms with Crippen molar-refractivity contribution in [1.29, 1.82) is 0 Å². The van der Waals surface area contributed by atoms with Crippen molar-refractivity contribution < 1.29 is 33.4 Å². The summed E-state index contributed by atoms with van der Waals surface area (Å²) in [6, 6.07) is 14.8. The quantitative estimate of drug-likeness (QED) is 0.307. The molecule has 0 aromatic heterocycles. The van der Waals surface area contributed by atoms with E-state index in [4.69, 9.17) is 14.2 Å². The molecule has 1 atom stereocenters. The number of amides is 1. The molecule has 0 bridgehead atoms. The Kier molecular flexibility index (Phi) is 6.80. The molecule has 9 heteroatoms. The summed E-state index contributed by atoms with van der Waals surface area (Å²) in [5.41, 5.74) is 2.77. The largest absolute Gasteiger partial charge is 0.423 e. The maximum Gasteiger partial charge on any atom is 0.423 e. The van der Waals surface area contributed by atoms with Crippen LogP contribution < -0.4 is 4.74 Å². The number of ether oxygens (including phenoxy) is 3. The molecule has 0 saturated heterocycles. The predicted molar refractivity (Wildman–Crippen MR) is 132 cm³/mol. The van der Waals surface area contributed by atoms with Crippen molar-refractivity contribution in [3.8, 4) is 5.75 Å². The van der Waals surface area contributed by atoms with E-state index in [2.05, 4.69) is 23.1 Å². The summed E-state index contributed by atoms with van der Waals surface area (Å²) in [4.78, 5) is 54.3. The third-order valence-corrected chi connectivity index (χ3v) is 6.77. The zero-order chi connectivity index (χ0) is 26.0. The van der Waals surface area contributed by atoms with E-state index in [9.17, 15) is 19.2 Å². The Morgan fingerprint density at radius 3 is 2.57 bits per heavy atom. The predicted octanol–water partition coefficient (Wildman–Crippen LogP) is 3.24. The lowest BCUT2D eigenvalue weighted by Gasteiger charge is -2.36. The number of nitrogens with zero attached hydrogens (tertiary/aromatic N) is 2. The van der Waals surface area contributed by atoms with Crippen LogP contribution in [0.4, 0.5) is 0 Å². The van der Waals surface area contributed by atoms with Gasteiger partial charge in [0.25, 0.3) is 5.91 Å². The second kappa shape index (κ2) is 10.2. The van der Waals surface area contributed by atoms with Crippen LogP contribution >= 0.6 is 0 Å². The second-order valence-electron chi connectivity index (χ2n) is 9.22. The van der Waals surface area contributed by atoms with Gasteiger partial charge in [-0.25, -0.2) is 9.59 Å². The fourth-order valence-corrected chi connectivity index (χ4v) is 5.02. The molecule has 3 aliphatic heterocycles. The summed E-state index contributed by atoms with van der Waals surface area (Å²) >= 11 is 0. The molecule has 9 nitrogen and oxygen atoms in total. The highest BCUT2D eigenvalue weighted by Gasteiger charge is 2.60. The number of hydrogen-bond donors (Lipinski definition) is 0. The first-order chi connectivity index (χ1) is 17.9. The molecule has 2 aromatic carbocycles. The normalized spacial score (nSPS) is 21.1. The topological polar surface area (TPSA) is 102 Å². The van der Waals surface area contributed by atoms with Crippen molar-refractivity contribution in [1.82, 2.24) is 9.80 Å². The molecular formula is C28H28N2O7. The highest BCUT2D eigenvalue weighted by Crippen LogP contribution is 2.48. The molecule has 0 radical (unpaired) electrons. The lowest BCUT2D eigenvalue weighted by atomic mass is 9.99. The first-order valence-electron chi connectivity index (χ1n) is 12.5. The minimum atomic E-state index is -2.18. The Labute approximate surface area is 214 Å². The fraction of sp³-hybridized carbons (Fsp3) is 0.357. The molecule has 0 aliphatic carbocycles. The highest BCUT2D eigenvalue weighted by molar-refractivity contribution is 6.31. The van der Waals surface area contributed by atoms with Crippen molar-refractivity contribution >= 4 is 29.4 Å². The van der Waals surface area contributed by atoms with Crippen LogP contribution in [-0.2, 0) is 29.8 Å². The molecule has 192 valence electrons. The summed E-state index contributed by atoms with van der Waals surface area (Å²) in [6.45, 7) is 4.26. The Morgan fingerprint density at radius 2 is 1.84 bits per heavy atom. The summed E-state index contributed by atoms with van der Waals surface area (Å²) in [5.74, 6) is -5.91. The standard InChI is InChI=1S/C28H28N2O7/c1-2-8-23(31)36-28-24-21(11-6-12-22(24)35-26(33)27(34)37-28)25(32)30(28)16-7-15-29-17-13-20(14-18-29)19-9-4-3-5-10-19/h3-6,9-13H,2,7-8,14-18H2,1H3. The lowest BCUT2D eigenvalue weighted by molar-refractivity contribution is -0.278. The van der Waals surface area contributed by atoms with Gasteiger partial charge in [-0.15, -0.1) is 0 Å². The molecule has 0 fully saturated rings. The molecule has 5 rings (SSSR count). The van der Waals surface area contributed by atoms with Gasteiger partial charge in [-0.2, -0.15) is 0 Å². The molecule has 0 N–H and O–H groups in total. The van der Waals surface area contributed by atoms with Crippen LogP contribution in [0.1, 0.15) is 54.1 Å². The summed E-state index contributed by atoms with van der Waals surface area (Å²) < 4.78 is 16.3. The van der Waals surface area contributed by atoms with Gasteiger partial charge in [0.15, 0.2) is 0 Å². The van der Waals surface area contributed by atoms with Gasteiger partial charge in [-0.3, -0.25) is 19.4 Å². The number of rotatable bonds is 8. The molecule has 2 aromatic rings. The fourth-order valence-electron chi connectivity index (χ4n) is 5.02. The van der Waals surface area contributed by atoms with E-state index in [-0.39, 0.29) is 29.8 Å². The van der Waals surface area contributed by atoms with Crippen molar-refractivity contribution in [3.63, 3.8) is 0 Å². The number of carbonyl (C=O) groups is 4.